The number of thiophene rings is 1. The zero-order chi connectivity index (χ0) is 13.4. The Morgan fingerprint density at radius 2 is 2.00 bits per heavy atom. The van der Waals surface area contributed by atoms with Crippen LogP contribution in [0.1, 0.15) is 26.8 Å². The first kappa shape index (κ1) is 12.7. The standard InChI is InChI=1S/C13H15NO3S/c1-6-7(2)17-8(3)11(6)10-5-9(14)12(18-10)13(15)16-4/h5H,14H2,1-4H3. The van der Waals surface area contributed by atoms with Crippen LogP contribution in [0.2, 0.25) is 0 Å². The highest BCUT2D eigenvalue weighted by atomic mass is 32.1. The summed E-state index contributed by atoms with van der Waals surface area (Å²) in [7, 11) is 1.35. The topological polar surface area (TPSA) is 65.5 Å². The van der Waals surface area contributed by atoms with Crippen molar-refractivity contribution >= 4 is 23.0 Å². The third-order valence-corrected chi connectivity index (χ3v) is 4.09. The van der Waals surface area contributed by atoms with Crippen LogP contribution in [0.25, 0.3) is 10.4 Å². The second-order valence-corrected chi connectivity index (χ2v) is 5.15. The van der Waals surface area contributed by atoms with Crippen molar-refractivity contribution in [3.8, 4) is 10.4 Å². The maximum Gasteiger partial charge on any atom is 0.350 e. The van der Waals surface area contributed by atoms with Crippen molar-refractivity contribution < 1.29 is 13.9 Å². The molecule has 0 aliphatic heterocycles. The minimum Gasteiger partial charge on any atom is -0.466 e. The van der Waals surface area contributed by atoms with Crippen molar-refractivity contribution in [2.24, 2.45) is 0 Å². The monoisotopic (exact) mass is 265 g/mol. The van der Waals surface area contributed by atoms with Crippen molar-refractivity contribution in [3.05, 3.63) is 28.0 Å². The summed E-state index contributed by atoms with van der Waals surface area (Å²) >= 11 is 1.33. The molecule has 0 aliphatic carbocycles. The van der Waals surface area contributed by atoms with Gasteiger partial charge >= 0.3 is 5.97 Å². The molecule has 4 nitrogen and oxygen atoms in total. The lowest BCUT2D eigenvalue weighted by Crippen LogP contribution is -2.00. The van der Waals surface area contributed by atoms with Gasteiger partial charge in [-0.05, 0) is 32.4 Å². The van der Waals surface area contributed by atoms with Crippen LogP contribution in [0.5, 0.6) is 0 Å². The van der Waals surface area contributed by atoms with E-state index in [2.05, 4.69) is 0 Å². The lowest BCUT2D eigenvalue weighted by Gasteiger charge is -1.96. The second-order valence-electron chi connectivity index (χ2n) is 4.10. The molecule has 0 atom stereocenters. The van der Waals surface area contributed by atoms with Crippen LogP contribution in [0.3, 0.4) is 0 Å². The molecular formula is C13H15NO3S. The number of nitrogens with two attached hydrogens (primary N) is 1. The van der Waals surface area contributed by atoms with Gasteiger partial charge in [0.2, 0.25) is 0 Å². The van der Waals surface area contributed by atoms with E-state index >= 15 is 0 Å². The fraction of sp³-hybridized carbons (Fsp3) is 0.308. The fourth-order valence-electron chi connectivity index (χ4n) is 1.94. The average molecular weight is 265 g/mol. The SMILES string of the molecule is COC(=O)c1sc(-c2c(C)oc(C)c2C)cc1N. The number of aryl methyl sites for hydroxylation is 2. The molecule has 0 spiro atoms. The molecule has 0 aliphatic rings. The Labute approximate surface area is 109 Å². The highest BCUT2D eigenvalue weighted by Crippen LogP contribution is 2.39. The van der Waals surface area contributed by atoms with Gasteiger partial charge in [0.15, 0.2) is 0 Å². The van der Waals surface area contributed by atoms with E-state index in [1.54, 1.807) is 6.07 Å². The summed E-state index contributed by atoms with van der Waals surface area (Å²) in [5, 5.41) is 0. The summed E-state index contributed by atoms with van der Waals surface area (Å²) in [6.45, 7) is 5.82. The Morgan fingerprint density at radius 3 is 2.50 bits per heavy atom. The Kier molecular flexibility index (Phi) is 3.17. The number of rotatable bonds is 2. The molecule has 5 heteroatoms. The molecule has 0 saturated carbocycles. The molecule has 0 saturated heterocycles. The Morgan fingerprint density at radius 1 is 1.33 bits per heavy atom. The molecule has 2 N–H and O–H groups in total. The van der Waals surface area contributed by atoms with Gasteiger partial charge in [-0.3, -0.25) is 0 Å². The lowest BCUT2D eigenvalue weighted by molar-refractivity contribution is 0.0607. The van der Waals surface area contributed by atoms with Gasteiger partial charge in [0, 0.05) is 10.4 Å². The van der Waals surface area contributed by atoms with Gasteiger partial charge in [0.05, 0.1) is 12.8 Å². The molecule has 0 unspecified atom stereocenters. The van der Waals surface area contributed by atoms with Crippen LogP contribution in [0, 0.1) is 20.8 Å². The van der Waals surface area contributed by atoms with Crippen molar-refractivity contribution in [3.63, 3.8) is 0 Å². The highest BCUT2D eigenvalue weighted by molar-refractivity contribution is 7.18. The predicted molar refractivity (Wildman–Crippen MR) is 72.0 cm³/mol. The van der Waals surface area contributed by atoms with Gasteiger partial charge in [0.25, 0.3) is 0 Å². The van der Waals surface area contributed by atoms with Crippen molar-refractivity contribution in [2.45, 2.75) is 20.8 Å². The number of carbonyl (C=O) groups excluding carboxylic acids is 1. The number of anilines is 1. The van der Waals surface area contributed by atoms with E-state index in [9.17, 15) is 4.79 Å². The van der Waals surface area contributed by atoms with E-state index in [1.165, 1.54) is 18.4 Å². The number of esters is 1. The van der Waals surface area contributed by atoms with Crippen LogP contribution in [0.4, 0.5) is 5.69 Å². The normalized spacial score (nSPS) is 10.7. The highest BCUT2D eigenvalue weighted by Gasteiger charge is 2.20. The van der Waals surface area contributed by atoms with Crippen LogP contribution >= 0.6 is 11.3 Å². The smallest absolute Gasteiger partial charge is 0.350 e. The number of nitrogen functional groups attached to an aromatic ring is 1. The molecule has 2 aromatic rings. The molecule has 0 aromatic carbocycles. The number of carbonyl (C=O) groups is 1. The molecular weight excluding hydrogens is 250 g/mol. The van der Waals surface area contributed by atoms with Gasteiger partial charge in [-0.15, -0.1) is 11.3 Å². The minimum atomic E-state index is -0.403. The van der Waals surface area contributed by atoms with Crippen LogP contribution in [-0.4, -0.2) is 13.1 Å². The largest absolute Gasteiger partial charge is 0.466 e. The zero-order valence-corrected chi connectivity index (χ0v) is 11.6. The van der Waals surface area contributed by atoms with Gasteiger partial charge in [-0.1, -0.05) is 0 Å². The van der Waals surface area contributed by atoms with Crippen LogP contribution in [-0.2, 0) is 4.74 Å². The van der Waals surface area contributed by atoms with Gasteiger partial charge in [-0.2, -0.15) is 0 Å². The van der Waals surface area contributed by atoms with Gasteiger partial charge in [-0.25, -0.2) is 4.79 Å². The number of hydrogen-bond donors (Lipinski definition) is 1. The molecule has 2 aromatic heterocycles. The summed E-state index contributed by atoms with van der Waals surface area (Å²) < 4.78 is 10.3. The van der Waals surface area contributed by atoms with E-state index in [0.717, 1.165) is 27.5 Å². The number of methoxy groups -OCH3 is 1. The molecule has 0 fully saturated rings. The van der Waals surface area contributed by atoms with E-state index < -0.39 is 5.97 Å². The van der Waals surface area contributed by atoms with E-state index in [-0.39, 0.29) is 0 Å². The Balaban J connectivity index is 2.56. The molecule has 0 radical (unpaired) electrons. The minimum absolute atomic E-state index is 0.403. The van der Waals surface area contributed by atoms with E-state index in [1.807, 2.05) is 20.8 Å². The summed E-state index contributed by atoms with van der Waals surface area (Å²) in [6.07, 6.45) is 0. The third-order valence-electron chi connectivity index (χ3n) is 2.94. The quantitative estimate of drug-likeness (QED) is 0.846. The van der Waals surface area contributed by atoms with Gasteiger partial charge < -0.3 is 14.9 Å². The maximum atomic E-state index is 11.5. The molecule has 2 rings (SSSR count). The van der Waals surface area contributed by atoms with Gasteiger partial charge in [0.1, 0.15) is 16.4 Å². The summed E-state index contributed by atoms with van der Waals surface area (Å²) in [6, 6.07) is 1.79. The maximum absolute atomic E-state index is 11.5. The summed E-state index contributed by atoms with van der Waals surface area (Å²) in [5.41, 5.74) is 8.37. The first-order valence-corrected chi connectivity index (χ1v) is 6.32. The summed E-state index contributed by atoms with van der Waals surface area (Å²) in [4.78, 5) is 12.9. The van der Waals surface area contributed by atoms with Crippen molar-refractivity contribution in [1.29, 1.82) is 0 Å². The molecule has 2 heterocycles. The Bertz CT molecular complexity index is 610. The lowest BCUT2D eigenvalue weighted by atomic mass is 10.1. The second kappa shape index (κ2) is 4.49. The summed E-state index contributed by atoms with van der Waals surface area (Å²) in [5.74, 6) is 1.32. The molecule has 0 amide bonds. The fourth-order valence-corrected chi connectivity index (χ4v) is 3.08. The van der Waals surface area contributed by atoms with E-state index in [0.29, 0.717) is 10.6 Å². The zero-order valence-electron chi connectivity index (χ0n) is 10.8. The Hall–Kier alpha value is -1.75. The van der Waals surface area contributed by atoms with Crippen molar-refractivity contribution in [2.75, 3.05) is 12.8 Å². The van der Waals surface area contributed by atoms with E-state index in [4.69, 9.17) is 14.9 Å². The average Bonchev–Trinajstić information content (AvgIpc) is 2.80. The number of hydrogen-bond acceptors (Lipinski definition) is 5. The molecule has 96 valence electrons. The third kappa shape index (κ3) is 1.90. The first-order valence-electron chi connectivity index (χ1n) is 5.50. The van der Waals surface area contributed by atoms with Crippen LogP contribution in [0.15, 0.2) is 10.5 Å². The van der Waals surface area contributed by atoms with Crippen LogP contribution < -0.4 is 5.73 Å². The number of furan rings is 1. The molecule has 18 heavy (non-hydrogen) atoms. The molecule has 0 bridgehead atoms. The number of ether oxygens (including phenoxy) is 1. The van der Waals surface area contributed by atoms with Crippen molar-refractivity contribution in [1.82, 2.24) is 0 Å². The predicted octanol–water partition coefficient (Wildman–Crippen LogP) is 3.30. The first-order chi connectivity index (χ1) is 8.45.